The van der Waals surface area contributed by atoms with Crippen LogP contribution in [-0.4, -0.2) is 8.07 Å². The van der Waals surface area contributed by atoms with Gasteiger partial charge >= 0.3 is 0 Å². The largest absolute Gasteiger partial charge is 0.182 e. The van der Waals surface area contributed by atoms with Crippen LogP contribution in [0.2, 0.25) is 0 Å². The molecule has 0 N–H and O–H groups in total. The van der Waals surface area contributed by atoms with E-state index in [9.17, 15) is 0 Å². The number of hydrogen-bond acceptors (Lipinski definition) is 0. The van der Waals surface area contributed by atoms with E-state index >= 15 is 0 Å². The zero-order chi connectivity index (χ0) is 53.4. The minimum atomic E-state index is -3.08. The summed E-state index contributed by atoms with van der Waals surface area (Å²) < 4.78 is 0. The topological polar surface area (TPSA) is 0 Å². The van der Waals surface area contributed by atoms with Crippen molar-refractivity contribution in [2.75, 3.05) is 0 Å². The minimum Gasteiger partial charge on any atom is -0.0871 e. The Bertz CT molecular complexity index is 4000. The standard InChI is InChI=1S/C78H62Si/c1-3-22-58-45-51-65(52-46-58)77-75(63-25-8-4-9-26-63)76(64-27-10-5-11-28-64)78(79(77,67-29-12-6-13-30-67)68-31-14-7-15-32-68)66-53-47-60(48-54-66)24-17-16-23-59-41-43-62(44-42-59)50-56-74-71-35-20-18-33-69(71)73(70-34-19-21-36-72(70)74)55-49-61-39-37-57(2)38-40-61/h3-16,18-23,25-56H,17,24H2,1-2H3/b22-3+,23-16+,55-49+,56-50+. The molecule has 0 aliphatic carbocycles. The van der Waals surface area contributed by atoms with Crippen LogP contribution in [0, 0.1) is 6.92 Å². The number of fused-ring (bicyclic) bond motifs is 2. The molecule has 79 heavy (non-hydrogen) atoms. The molecule has 1 aliphatic heterocycles. The Balaban J connectivity index is 0.848. The number of rotatable bonds is 15. The van der Waals surface area contributed by atoms with Gasteiger partial charge in [0.1, 0.15) is 0 Å². The fourth-order valence-electron chi connectivity index (χ4n) is 11.9. The second-order valence-electron chi connectivity index (χ2n) is 20.6. The Morgan fingerprint density at radius 1 is 0.316 bits per heavy atom. The van der Waals surface area contributed by atoms with E-state index in [-0.39, 0.29) is 0 Å². The van der Waals surface area contributed by atoms with Crippen LogP contribution in [0.15, 0.2) is 279 Å². The number of hydrogen-bond donors (Lipinski definition) is 0. The first-order valence-corrected chi connectivity index (χ1v) is 29.7. The van der Waals surface area contributed by atoms with Gasteiger partial charge in [-0.15, -0.1) is 0 Å². The zero-order valence-electron chi connectivity index (χ0n) is 44.9. The molecule has 0 spiro atoms. The lowest BCUT2D eigenvalue weighted by Crippen LogP contribution is -2.59. The lowest BCUT2D eigenvalue weighted by Gasteiger charge is -2.36. The van der Waals surface area contributed by atoms with Crippen LogP contribution in [0.25, 0.3) is 79.5 Å². The molecule has 0 saturated carbocycles. The van der Waals surface area contributed by atoms with Gasteiger partial charge in [-0.3, -0.25) is 0 Å². The van der Waals surface area contributed by atoms with Crippen molar-refractivity contribution in [3.63, 3.8) is 0 Å². The molecule has 0 atom stereocenters. The summed E-state index contributed by atoms with van der Waals surface area (Å²) in [5, 5.41) is 10.6. The van der Waals surface area contributed by atoms with E-state index in [0.29, 0.717) is 0 Å². The molecular weight excluding hydrogens is 965 g/mol. The van der Waals surface area contributed by atoms with E-state index < -0.39 is 8.07 Å². The third-order valence-electron chi connectivity index (χ3n) is 15.7. The zero-order valence-corrected chi connectivity index (χ0v) is 45.9. The lowest BCUT2D eigenvalue weighted by atomic mass is 9.89. The van der Waals surface area contributed by atoms with Gasteiger partial charge in [-0.1, -0.05) is 321 Å². The van der Waals surface area contributed by atoms with Gasteiger partial charge in [0.25, 0.3) is 0 Å². The van der Waals surface area contributed by atoms with Crippen molar-refractivity contribution >= 4 is 98.0 Å². The van der Waals surface area contributed by atoms with Gasteiger partial charge in [-0.2, -0.15) is 0 Å². The molecule has 11 aromatic carbocycles. The molecule has 378 valence electrons. The van der Waals surface area contributed by atoms with Crippen LogP contribution in [0.1, 0.15) is 80.1 Å². The molecule has 0 aromatic heterocycles. The van der Waals surface area contributed by atoms with E-state index in [1.807, 2.05) is 0 Å². The molecule has 0 saturated heterocycles. The summed E-state index contributed by atoms with van der Waals surface area (Å²) >= 11 is 0. The van der Waals surface area contributed by atoms with Gasteiger partial charge in [0, 0.05) is 0 Å². The molecule has 1 heteroatoms. The molecule has 0 nitrogen and oxygen atoms in total. The molecule has 1 aliphatic rings. The van der Waals surface area contributed by atoms with Crippen molar-refractivity contribution < 1.29 is 0 Å². The fourth-order valence-corrected chi connectivity index (χ4v) is 17.6. The third-order valence-corrected chi connectivity index (χ3v) is 20.6. The van der Waals surface area contributed by atoms with Crippen molar-refractivity contribution in [2.24, 2.45) is 0 Å². The molecule has 0 bridgehead atoms. The van der Waals surface area contributed by atoms with Crippen LogP contribution >= 0.6 is 0 Å². The Kier molecular flexibility index (Phi) is 14.7. The highest BCUT2D eigenvalue weighted by Crippen LogP contribution is 2.55. The van der Waals surface area contributed by atoms with Gasteiger partial charge in [0.2, 0.25) is 0 Å². The average Bonchev–Trinajstić information content (AvgIpc) is 3.20. The molecule has 0 radical (unpaired) electrons. The third kappa shape index (κ3) is 10.2. The summed E-state index contributed by atoms with van der Waals surface area (Å²) in [6.07, 6.45) is 19.9. The normalized spacial score (nSPS) is 13.6. The van der Waals surface area contributed by atoms with Crippen molar-refractivity contribution in [2.45, 2.75) is 26.7 Å². The molecule has 1 heterocycles. The van der Waals surface area contributed by atoms with Crippen LogP contribution in [0.5, 0.6) is 0 Å². The first-order valence-electron chi connectivity index (χ1n) is 27.7. The van der Waals surface area contributed by atoms with Gasteiger partial charge in [0.15, 0.2) is 8.07 Å². The van der Waals surface area contributed by atoms with E-state index in [1.165, 1.54) is 120 Å². The first kappa shape index (κ1) is 50.4. The maximum atomic E-state index is 2.42. The van der Waals surface area contributed by atoms with Crippen molar-refractivity contribution in [3.05, 3.63) is 346 Å². The van der Waals surface area contributed by atoms with Crippen molar-refractivity contribution in [3.8, 4) is 0 Å². The van der Waals surface area contributed by atoms with Crippen LogP contribution in [0.4, 0.5) is 0 Å². The molecule has 12 rings (SSSR count). The Morgan fingerprint density at radius 3 is 1.10 bits per heavy atom. The molecule has 0 unspecified atom stereocenters. The van der Waals surface area contributed by atoms with E-state index in [0.717, 1.165) is 12.8 Å². The highest BCUT2D eigenvalue weighted by Gasteiger charge is 2.53. The predicted molar refractivity (Wildman–Crippen MR) is 346 cm³/mol. The Morgan fingerprint density at radius 2 is 0.671 bits per heavy atom. The first-order chi connectivity index (χ1) is 39.1. The number of benzene rings is 11. The van der Waals surface area contributed by atoms with Gasteiger partial charge in [-0.25, -0.2) is 0 Å². The van der Waals surface area contributed by atoms with Gasteiger partial charge < -0.3 is 0 Å². The smallest absolute Gasteiger partial charge is 0.0871 e. The summed E-state index contributed by atoms with van der Waals surface area (Å²) in [7, 11) is -3.08. The highest BCUT2D eigenvalue weighted by atomic mass is 28.3. The quantitative estimate of drug-likeness (QED) is 0.0545. The van der Waals surface area contributed by atoms with Crippen LogP contribution in [0.3, 0.4) is 0 Å². The molecule has 11 aromatic rings. The minimum absolute atomic E-state index is 0.940. The Hall–Kier alpha value is -9.40. The predicted octanol–water partition coefficient (Wildman–Crippen LogP) is 19.2. The van der Waals surface area contributed by atoms with E-state index in [1.54, 1.807) is 0 Å². The number of allylic oxidation sites excluding steroid dienone is 4. The second-order valence-corrected chi connectivity index (χ2v) is 24.3. The summed E-state index contributed by atoms with van der Waals surface area (Å²) in [5.74, 6) is 0. The maximum absolute atomic E-state index is 3.08. The average molecular weight is 1030 g/mol. The molecular formula is C78H62Si. The van der Waals surface area contributed by atoms with Crippen LogP contribution in [-0.2, 0) is 6.42 Å². The Labute approximate surface area is 467 Å². The fraction of sp³-hybridized carbons (Fsp3) is 0.0513. The van der Waals surface area contributed by atoms with E-state index in [2.05, 4.69) is 329 Å². The summed E-state index contributed by atoms with van der Waals surface area (Å²) in [5.41, 5.74) is 17.5. The van der Waals surface area contributed by atoms with Gasteiger partial charge in [-0.05, 0) is 141 Å². The monoisotopic (exact) mass is 1030 g/mol. The lowest BCUT2D eigenvalue weighted by molar-refractivity contribution is 1.01. The summed E-state index contributed by atoms with van der Waals surface area (Å²) in [6.45, 7) is 4.22. The number of aryl methyl sites for hydroxylation is 2. The maximum Gasteiger partial charge on any atom is 0.182 e. The SMILES string of the molecule is C/C=C/c1ccc(C2=C(c3ccccc3)C(c3ccccc3)=C(c3ccc(CC/C=C/c4ccc(/C=C/c5c6ccccc6c(/C=C/c6ccc(C)cc6)c6ccccc56)cc4)cc3)[Si]2(c2ccccc2)c2ccccc2)cc1. The molecule has 0 fully saturated rings. The van der Waals surface area contributed by atoms with Crippen molar-refractivity contribution in [1.29, 1.82) is 0 Å². The second kappa shape index (κ2) is 23.1. The van der Waals surface area contributed by atoms with Gasteiger partial charge in [0.05, 0.1) is 0 Å². The highest BCUT2D eigenvalue weighted by molar-refractivity contribution is 7.29. The molecule has 0 amide bonds. The van der Waals surface area contributed by atoms with E-state index in [4.69, 9.17) is 0 Å². The van der Waals surface area contributed by atoms with Crippen LogP contribution < -0.4 is 10.4 Å². The summed E-state index contributed by atoms with van der Waals surface area (Å²) in [4.78, 5) is 0. The summed E-state index contributed by atoms with van der Waals surface area (Å²) in [6, 6.07) is 99.3. The van der Waals surface area contributed by atoms with Crippen molar-refractivity contribution in [1.82, 2.24) is 0 Å².